The van der Waals surface area contributed by atoms with Crippen molar-refractivity contribution >= 4 is 40.1 Å². The molecule has 1 aromatic rings. The normalized spacial score (nSPS) is 12.5. The first-order valence-electron chi connectivity index (χ1n) is 5.10. The maximum absolute atomic E-state index is 12.3. The number of hydrogen-bond acceptors (Lipinski definition) is 3. The lowest BCUT2D eigenvalue weighted by atomic mass is 10.1. The quantitative estimate of drug-likeness (QED) is 0.510. The van der Waals surface area contributed by atoms with Crippen molar-refractivity contribution in [1.29, 1.82) is 0 Å². The van der Waals surface area contributed by atoms with Crippen molar-refractivity contribution in [3.8, 4) is 0 Å². The zero-order chi connectivity index (χ0) is 13.6. The summed E-state index contributed by atoms with van der Waals surface area (Å²) in [6, 6.07) is 4.64. The first-order chi connectivity index (χ1) is 8.43. The number of hydrogen-bond donors (Lipinski definition) is 1. The maximum atomic E-state index is 12.3. The fraction of sp³-hybridized carbons (Fsp3) is 0.273. The van der Waals surface area contributed by atoms with Crippen LogP contribution < -0.4 is 5.73 Å². The van der Waals surface area contributed by atoms with Crippen LogP contribution in [-0.2, 0) is 6.18 Å². The molecule has 8 heteroatoms. The zero-order valence-electron chi connectivity index (χ0n) is 10.0. The Morgan fingerprint density at radius 2 is 1.89 bits per heavy atom. The van der Waals surface area contributed by atoms with E-state index in [1.54, 1.807) is 0 Å². The molecule has 0 saturated heterocycles. The molecule has 0 unspecified atom stereocenters. The highest BCUT2D eigenvalue weighted by molar-refractivity contribution is 8.93. The van der Waals surface area contributed by atoms with E-state index in [1.807, 2.05) is 6.92 Å². The van der Waals surface area contributed by atoms with Crippen LogP contribution in [0.2, 0.25) is 0 Å². The fourth-order valence-corrected chi connectivity index (χ4v) is 1.49. The van der Waals surface area contributed by atoms with Gasteiger partial charge in [-0.3, -0.25) is 0 Å². The predicted molar refractivity (Wildman–Crippen MR) is 79.1 cm³/mol. The van der Waals surface area contributed by atoms with E-state index in [4.69, 9.17) is 5.73 Å². The summed E-state index contributed by atoms with van der Waals surface area (Å²) in [5, 5.41) is 7.69. The molecule has 1 rings (SSSR count). The molecule has 0 spiro atoms. The van der Waals surface area contributed by atoms with E-state index in [0.29, 0.717) is 10.7 Å². The van der Waals surface area contributed by atoms with E-state index in [2.05, 4.69) is 10.2 Å². The summed E-state index contributed by atoms with van der Waals surface area (Å²) in [4.78, 5) is 0. The molecular formula is C11H13BrF3N3S. The van der Waals surface area contributed by atoms with E-state index in [-0.39, 0.29) is 17.0 Å². The molecule has 2 N–H and O–H groups in total. The lowest BCUT2D eigenvalue weighted by Gasteiger charge is -2.05. The Balaban J connectivity index is 0.00000324. The number of alkyl halides is 3. The minimum Gasteiger partial charge on any atom is -0.377 e. The molecule has 106 valence electrons. The molecule has 0 aliphatic carbocycles. The largest absolute Gasteiger partial charge is 0.416 e. The molecule has 0 fully saturated rings. The smallest absolute Gasteiger partial charge is 0.377 e. The van der Waals surface area contributed by atoms with Gasteiger partial charge in [0, 0.05) is 0 Å². The summed E-state index contributed by atoms with van der Waals surface area (Å²) < 4.78 is 36.9. The summed E-state index contributed by atoms with van der Waals surface area (Å²) in [6.07, 6.45) is -2.97. The summed E-state index contributed by atoms with van der Waals surface area (Å²) in [5.41, 5.74) is 5.32. The predicted octanol–water partition coefficient (Wildman–Crippen LogP) is 3.69. The van der Waals surface area contributed by atoms with Crippen LogP contribution in [0, 0.1) is 0 Å². The SMILES string of the molecule is Br.CCS/C(N)=N\N=C\c1ccc(C(F)(F)F)cc1. The van der Waals surface area contributed by atoms with Gasteiger partial charge in [-0.2, -0.15) is 18.3 Å². The monoisotopic (exact) mass is 355 g/mol. The van der Waals surface area contributed by atoms with E-state index in [0.717, 1.165) is 17.9 Å². The molecule has 0 aromatic heterocycles. The van der Waals surface area contributed by atoms with Gasteiger partial charge in [-0.25, -0.2) is 0 Å². The molecule has 0 saturated carbocycles. The third-order valence-electron chi connectivity index (χ3n) is 1.89. The number of benzene rings is 1. The second-order valence-electron chi connectivity index (χ2n) is 3.24. The Labute approximate surface area is 123 Å². The van der Waals surface area contributed by atoms with Gasteiger partial charge in [-0.05, 0) is 23.4 Å². The highest BCUT2D eigenvalue weighted by Gasteiger charge is 2.29. The minimum atomic E-state index is -4.32. The lowest BCUT2D eigenvalue weighted by Crippen LogP contribution is -2.05. The van der Waals surface area contributed by atoms with Crippen molar-refractivity contribution in [1.82, 2.24) is 0 Å². The van der Waals surface area contributed by atoms with Crippen LogP contribution in [0.5, 0.6) is 0 Å². The number of thioether (sulfide) groups is 1. The van der Waals surface area contributed by atoms with Crippen molar-refractivity contribution in [3.05, 3.63) is 35.4 Å². The molecule has 1 aromatic carbocycles. The summed E-state index contributed by atoms with van der Waals surface area (Å²) in [5.74, 6) is 0.783. The fourth-order valence-electron chi connectivity index (χ4n) is 1.09. The van der Waals surface area contributed by atoms with Gasteiger partial charge >= 0.3 is 6.18 Å². The van der Waals surface area contributed by atoms with Gasteiger partial charge in [0.1, 0.15) is 0 Å². The van der Waals surface area contributed by atoms with Gasteiger partial charge in [-0.15, -0.1) is 22.1 Å². The van der Waals surface area contributed by atoms with Crippen LogP contribution in [0.1, 0.15) is 18.1 Å². The first-order valence-corrected chi connectivity index (χ1v) is 6.08. The van der Waals surface area contributed by atoms with Gasteiger partial charge in [0.15, 0.2) is 5.17 Å². The molecule has 0 aliphatic rings. The summed E-state index contributed by atoms with van der Waals surface area (Å²) >= 11 is 1.34. The lowest BCUT2D eigenvalue weighted by molar-refractivity contribution is -0.137. The van der Waals surface area contributed by atoms with Crippen LogP contribution in [0.3, 0.4) is 0 Å². The zero-order valence-corrected chi connectivity index (χ0v) is 12.5. The molecule has 0 aliphatic heterocycles. The van der Waals surface area contributed by atoms with E-state index >= 15 is 0 Å². The van der Waals surface area contributed by atoms with Gasteiger partial charge in [0.05, 0.1) is 11.8 Å². The third kappa shape index (κ3) is 6.63. The van der Waals surface area contributed by atoms with Crippen LogP contribution in [0.15, 0.2) is 34.5 Å². The molecule has 0 bridgehead atoms. The number of halogens is 4. The summed E-state index contributed by atoms with van der Waals surface area (Å²) in [6.45, 7) is 1.92. The van der Waals surface area contributed by atoms with Crippen molar-refractivity contribution < 1.29 is 13.2 Å². The van der Waals surface area contributed by atoms with Gasteiger partial charge in [-0.1, -0.05) is 30.8 Å². The Hall–Kier alpha value is -1.02. The Morgan fingerprint density at radius 1 is 1.32 bits per heavy atom. The van der Waals surface area contributed by atoms with Crippen LogP contribution in [0.25, 0.3) is 0 Å². The summed E-state index contributed by atoms with van der Waals surface area (Å²) in [7, 11) is 0. The molecule has 0 radical (unpaired) electrons. The number of nitrogens with zero attached hydrogens (tertiary/aromatic N) is 2. The third-order valence-corrected chi connectivity index (χ3v) is 2.56. The molecular weight excluding hydrogens is 343 g/mol. The highest BCUT2D eigenvalue weighted by Crippen LogP contribution is 2.28. The maximum Gasteiger partial charge on any atom is 0.416 e. The van der Waals surface area contributed by atoms with Crippen LogP contribution in [-0.4, -0.2) is 17.1 Å². The van der Waals surface area contributed by atoms with Crippen LogP contribution >= 0.6 is 28.7 Å². The second-order valence-corrected chi connectivity index (χ2v) is 4.52. The Kier molecular flexibility index (Phi) is 7.77. The molecule has 19 heavy (non-hydrogen) atoms. The number of rotatable bonds is 3. The number of nitrogens with two attached hydrogens (primary N) is 1. The van der Waals surface area contributed by atoms with E-state index in [9.17, 15) is 13.2 Å². The standard InChI is InChI=1S/C11H12F3N3S.BrH/c1-2-18-10(15)17-16-7-8-3-5-9(6-4-8)11(12,13)14;/h3-7H,2H2,1H3,(H2,15,17);1H/b16-7+;. The van der Waals surface area contributed by atoms with E-state index < -0.39 is 11.7 Å². The average Bonchev–Trinajstić information content (AvgIpc) is 2.29. The van der Waals surface area contributed by atoms with Gasteiger partial charge < -0.3 is 5.73 Å². The average molecular weight is 356 g/mol. The van der Waals surface area contributed by atoms with Gasteiger partial charge in [0.25, 0.3) is 0 Å². The van der Waals surface area contributed by atoms with Crippen molar-refractivity contribution in [2.75, 3.05) is 5.75 Å². The molecule has 0 heterocycles. The molecule has 0 atom stereocenters. The highest BCUT2D eigenvalue weighted by atomic mass is 79.9. The van der Waals surface area contributed by atoms with Gasteiger partial charge in [0.2, 0.25) is 0 Å². The minimum absolute atomic E-state index is 0. The van der Waals surface area contributed by atoms with Crippen molar-refractivity contribution in [3.63, 3.8) is 0 Å². The Bertz CT molecular complexity index is 443. The topological polar surface area (TPSA) is 50.7 Å². The van der Waals surface area contributed by atoms with Crippen molar-refractivity contribution in [2.24, 2.45) is 15.9 Å². The first kappa shape index (κ1) is 18.0. The van der Waals surface area contributed by atoms with Crippen LogP contribution in [0.4, 0.5) is 13.2 Å². The number of amidine groups is 1. The molecule has 3 nitrogen and oxygen atoms in total. The van der Waals surface area contributed by atoms with E-state index in [1.165, 1.54) is 30.1 Å². The molecule has 0 amide bonds. The van der Waals surface area contributed by atoms with Crippen molar-refractivity contribution in [2.45, 2.75) is 13.1 Å². The Morgan fingerprint density at radius 3 is 2.37 bits per heavy atom. The second kappa shape index (κ2) is 8.21.